The van der Waals surface area contributed by atoms with Gasteiger partial charge in [-0.15, -0.1) is 0 Å². The first-order valence-electron chi connectivity index (χ1n) is 5.37. The van der Waals surface area contributed by atoms with Crippen LogP contribution in [0.4, 0.5) is 11.4 Å². The molecule has 0 spiro atoms. The van der Waals surface area contributed by atoms with Gasteiger partial charge in [-0.25, -0.2) is 4.79 Å². The van der Waals surface area contributed by atoms with Crippen LogP contribution in [0, 0.1) is 10.1 Å². The average molecular weight is 281 g/mol. The number of hydrogen-bond donors (Lipinski definition) is 3. The van der Waals surface area contributed by atoms with Gasteiger partial charge in [0.25, 0.3) is 5.69 Å². The van der Waals surface area contributed by atoms with E-state index in [9.17, 15) is 24.5 Å². The van der Waals surface area contributed by atoms with E-state index in [2.05, 4.69) is 10.6 Å². The lowest BCUT2D eigenvalue weighted by Gasteiger charge is -2.07. The Morgan fingerprint density at radius 3 is 2.50 bits per heavy atom. The van der Waals surface area contributed by atoms with Crippen molar-refractivity contribution in [3.63, 3.8) is 0 Å². The fourth-order valence-corrected chi connectivity index (χ4v) is 1.32. The summed E-state index contributed by atoms with van der Waals surface area (Å²) in [5.74, 6) is -2.40. The molecule has 0 aromatic heterocycles. The maximum absolute atomic E-state index is 11.4. The van der Waals surface area contributed by atoms with Crippen molar-refractivity contribution in [1.29, 1.82) is 0 Å². The molecule has 0 bridgehead atoms. The number of amides is 2. The number of nitrogens with zero attached hydrogens (tertiary/aromatic N) is 1. The van der Waals surface area contributed by atoms with Gasteiger partial charge in [0.15, 0.2) is 0 Å². The minimum atomic E-state index is -1.32. The van der Waals surface area contributed by atoms with Crippen LogP contribution in [0.15, 0.2) is 18.2 Å². The summed E-state index contributed by atoms with van der Waals surface area (Å²) in [6.45, 7) is 0.880. The Hall–Kier alpha value is -2.97. The SMILES string of the molecule is CC(=O)NCC(=O)Nc1ccc(C(=O)O)cc1[N+](=O)[O-]. The van der Waals surface area contributed by atoms with Crippen molar-refractivity contribution in [3.05, 3.63) is 33.9 Å². The van der Waals surface area contributed by atoms with E-state index >= 15 is 0 Å². The molecular weight excluding hydrogens is 270 g/mol. The molecule has 0 aliphatic carbocycles. The van der Waals surface area contributed by atoms with Crippen molar-refractivity contribution in [1.82, 2.24) is 5.32 Å². The van der Waals surface area contributed by atoms with Crippen LogP contribution in [0.3, 0.4) is 0 Å². The maximum Gasteiger partial charge on any atom is 0.335 e. The Labute approximate surface area is 112 Å². The molecule has 106 valence electrons. The molecule has 9 heteroatoms. The Kier molecular flexibility index (Phi) is 4.73. The summed E-state index contributed by atoms with van der Waals surface area (Å²) in [4.78, 5) is 42.8. The molecule has 9 nitrogen and oxygen atoms in total. The minimum Gasteiger partial charge on any atom is -0.478 e. The third-order valence-corrected chi connectivity index (χ3v) is 2.21. The second kappa shape index (κ2) is 6.27. The van der Waals surface area contributed by atoms with Crippen LogP contribution in [0.2, 0.25) is 0 Å². The first-order chi connectivity index (χ1) is 9.31. The van der Waals surface area contributed by atoms with Crippen LogP contribution in [0.1, 0.15) is 17.3 Å². The molecule has 0 atom stereocenters. The van der Waals surface area contributed by atoms with Crippen molar-refractivity contribution >= 4 is 29.2 Å². The lowest BCUT2D eigenvalue weighted by atomic mass is 10.1. The number of carboxylic acids is 1. The van der Waals surface area contributed by atoms with E-state index in [1.54, 1.807) is 0 Å². The Morgan fingerprint density at radius 1 is 1.35 bits per heavy atom. The molecule has 1 aromatic rings. The molecule has 0 unspecified atom stereocenters. The molecule has 0 radical (unpaired) electrons. The van der Waals surface area contributed by atoms with Crippen LogP contribution in [-0.4, -0.2) is 34.4 Å². The monoisotopic (exact) mass is 281 g/mol. The highest BCUT2D eigenvalue weighted by atomic mass is 16.6. The molecule has 2 amide bonds. The van der Waals surface area contributed by atoms with Crippen LogP contribution < -0.4 is 10.6 Å². The van der Waals surface area contributed by atoms with Gasteiger partial charge in [-0.2, -0.15) is 0 Å². The van der Waals surface area contributed by atoms with E-state index in [1.807, 2.05) is 0 Å². The van der Waals surface area contributed by atoms with Gasteiger partial charge in [-0.05, 0) is 12.1 Å². The van der Waals surface area contributed by atoms with Gasteiger partial charge < -0.3 is 15.7 Å². The van der Waals surface area contributed by atoms with E-state index in [0.29, 0.717) is 0 Å². The van der Waals surface area contributed by atoms with E-state index in [4.69, 9.17) is 5.11 Å². The highest BCUT2D eigenvalue weighted by molar-refractivity contribution is 5.97. The molecule has 0 saturated carbocycles. The Morgan fingerprint density at radius 2 is 2.00 bits per heavy atom. The van der Waals surface area contributed by atoms with Gasteiger partial charge in [0, 0.05) is 13.0 Å². The van der Waals surface area contributed by atoms with E-state index in [-0.39, 0.29) is 17.8 Å². The normalized spacial score (nSPS) is 9.65. The van der Waals surface area contributed by atoms with Gasteiger partial charge in [0.2, 0.25) is 11.8 Å². The van der Waals surface area contributed by atoms with Crippen LogP contribution in [0.25, 0.3) is 0 Å². The van der Waals surface area contributed by atoms with Gasteiger partial charge in [-0.1, -0.05) is 0 Å². The lowest BCUT2D eigenvalue weighted by molar-refractivity contribution is -0.384. The summed E-state index contributed by atoms with van der Waals surface area (Å²) in [5, 5.41) is 24.0. The van der Waals surface area contributed by atoms with E-state index < -0.39 is 28.4 Å². The molecular formula is C11H11N3O6. The fraction of sp³-hybridized carbons (Fsp3) is 0.182. The first-order valence-corrected chi connectivity index (χ1v) is 5.37. The van der Waals surface area contributed by atoms with Gasteiger partial charge in [0.05, 0.1) is 17.0 Å². The molecule has 20 heavy (non-hydrogen) atoms. The smallest absolute Gasteiger partial charge is 0.335 e. The molecule has 0 aliphatic rings. The molecule has 0 aliphatic heterocycles. The second-order valence-corrected chi connectivity index (χ2v) is 3.75. The van der Waals surface area contributed by atoms with Gasteiger partial charge >= 0.3 is 5.97 Å². The van der Waals surface area contributed by atoms with E-state index in [0.717, 1.165) is 18.2 Å². The Balaban J connectivity index is 2.94. The van der Waals surface area contributed by atoms with Crippen molar-refractivity contribution < 1.29 is 24.4 Å². The summed E-state index contributed by atoms with van der Waals surface area (Å²) < 4.78 is 0. The number of nitrogens with one attached hydrogen (secondary N) is 2. The first kappa shape index (κ1) is 15.1. The number of benzene rings is 1. The fourth-order valence-electron chi connectivity index (χ4n) is 1.32. The third-order valence-electron chi connectivity index (χ3n) is 2.21. The van der Waals surface area contributed by atoms with Crippen molar-refractivity contribution in [2.45, 2.75) is 6.92 Å². The van der Waals surface area contributed by atoms with Gasteiger partial charge in [0.1, 0.15) is 5.69 Å². The minimum absolute atomic E-state index is 0.143. The number of carboxylic acid groups (broad SMARTS) is 1. The number of anilines is 1. The summed E-state index contributed by atoms with van der Waals surface area (Å²) in [6, 6.07) is 3.09. The topological polar surface area (TPSA) is 139 Å². The summed E-state index contributed by atoms with van der Waals surface area (Å²) in [7, 11) is 0. The van der Waals surface area contributed by atoms with Gasteiger partial charge in [-0.3, -0.25) is 19.7 Å². The molecule has 0 saturated heterocycles. The summed E-state index contributed by atoms with van der Waals surface area (Å²) in [6.07, 6.45) is 0. The molecule has 0 fully saturated rings. The largest absolute Gasteiger partial charge is 0.478 e. The third kappa shape index (κ3) is 4.05. The highest BCUT2D eigenvalue weighted by Crippen LogP contribution is 2.25. The number of aromatic carboxylic acids is 1. The van der Waals surface area contributed by atoms with Crippen molar-refractivity contribution in [2.24, 2.45) is 0 Å². The summed E-state index contributed by atoms with van der Waals surface area (Å²) in [5.41, 5.74) is -0.951. The second-order valence-electron chi connectivity index (χ2n) is 3.75. The predicted octanol–water partition coefficient (Wildman–Crippen LogP) is 0.368. The number of nitro groups is 1. The Bertz CT molecular complexity index is 584. The highest BCUT2D eigenvalue weighted by Gasteiger charge is 2.18. The quantitative estimate of drug-likeness (QED) is 0.526. The molecule has 3 N–H and O–H groups in total. The zero-order valence-corrected chi connectivity index (χ0v) is 10.4. The van der Waals surface area contributed by atoms with E-state index in [1.165, 1.54) is 6.92 Å². The molecule has 1 rings (SSSR count). The standard InChI is InChI=1S/C11H11N3O6/c1-6(15)12-5-10(16)13-8-3-2-7(11(17)18)4-9(8)14(19)20/h2-4H,5H2,1H3,(H,12,15)(H,13,16)(H,17,18). The summed E-state index contributed by atoms with van der Waals surface area (Å²) >= 11 is 0. The van der Waals surface area contributed by atoms with Crippen LogP contribution in [-0.2, 0) is 9.59 Å². The van der Waals surface area contributed by atoms with Crippen molar-refractivity contribution in [2.75, 3.05) is 11.9 Å². The lowest BCUT2D eigenvalue weighted by Crippen LogP contribution is -2.31. The van der Waals surface area contributed by atoms with Crippen LogP contribution in [0.5, 0.6) is 0 Å². The maximum atomic E-state index is 11.4. The molecule has 0 heterocycles. The number of carbonyl (C=O) groups excluding carboxylic acids is 2. The van der Waals surface area contributed by atoms with Crippen LogP contribution >= 0.6 is 0 Å². The van der Waals surface area contributed by atoms with Crippen molar-refractivity contribution in [3.8, 4) is 0 Å². The zero-order valence-electron chi connectivity index (χ0n) is 10.4. The number of rotatable bonds is 5. The number of nitro benzene ring substituents is 1. The zero-order chi connectivity index (χ0) is 15.3. The number of carbonyl (C=O) groups is 3. The number of hydrogen-bond acceptors (Lipinski definition) is 5. The molecule has 1 aromatic carbocycles. The predicted molar refractivity (Wildman–Crippen MR) is 67.4 cm³/mol. The average Bonchev–Trinajstić information content (AvgIpc) is 2.36.